The van der Waals surface area contributed by atoms with Crippen molar-refractivity contribution in [1.29, 1.82) is 0 Å². The maximum absolute atomic E-state index is 11.9. The molecule has 0 aliphatic rings. The van der Waals surface area contributed by atoms with Crippen LogP contribution in [0.1, 0.15) is 24.7 Å². The molecular weight excluding hydrogens is 276 g/mol. The first-order chi connectivity index (χ1) is 8.95. The van der Waals surface area contributed by atoms with Crippen LogP contribution in [0.25, 0.3) is 0 Å². The molecule has 1 aromatic rings. The molecule has 4 nitrogen and oxygen atoms in total. The topological polar surface area (TPSA) is 53.1 Å². The maximum Gasteiger partial charge on any atom is 0.261 e. The summed E-state index contributed by atoms with van der Waals surface area (Å²) in [5, 5.41) is 4.95. The van der Waals surface area contributed by atoms with E-state index in [0.717, 1.165) is 17.8 Å². The summed E-state index contributed by atoms with van der Waals surface area (Å²) in [6.07, 6.45) is -0.606. The van der Waals surface area contributed by atoms with Crippen LogP contribution >= 0.6 is 11.6 Å². The lowest BCUT2D eigenvalue weighted by Gasteiger charge is -2.12. The van der Waals surface area contributed by atoms with E-state index in [1.54, 1.807) is 4.68 Å². The normalized spacial score (nSPS) is 13.2. The average molecular weight is 296 g/mol. The summed E-state index contributed by atoms with van der Waals surface area (Å²) >= 11 is 6.21. The minimum Gasteiger partial charge on any atom is -0.375 e. The maximum atomic E-state index is 11.9. The fourth-order valence-electron chi connectivity index (χ4n) is 1.80. The summed E-state index contributed by atoms with van der Waals surface area (Å²) in [5.41, 5.74) is 7.67. The van der Waals surface area contributed by atoms with Crippen molar-refractivity contribution in [3.8, 4) is 0 Å². The minimum absolute atomic E-state index is 0.185. The number of aryl methyl sites for hydroxylation is 2. The smallest absolute Gasteiger partial charge is 0.261 e. The van der Waals surface area contributed by atoms with Crippen LogP contribution in [0.5, 0.6) is 0 Å². The minimum atomic E-state index is -2.44. The van der Waals surface area contributed by atoms with Gasteiger partial charge >= 0.3 is 0 Å². The van der Waals surface area contributed by atoms with Crippen LogP contribution in [0.3, 0.4) is 0 Å². The van der Waals surface area contributed by atoms with Gasteiger partial charge in [-0.2, -0.15) is 5.10 Å². The largest absolute Gasteiger partial charge is 0.375 e. The molecule has 0 spiro atoms. The summed E-state index contributed by atoms with van der Waals surface area (Å²) in [5.74, 6) is 0. The molecular formula is C12H20ClF2N3O. The standard InChI is InChI=1S/C12H20ClF2N3O/c1-3-9-12(13)10(18(2)17-9)6-8(16)4-5-19-7-11(14)15/h8,11H,3-7,16H2,1-2H3. The average Bonchev–Trinajstić information content (AvgIpc) is 2.62. The number of rotatable bonds is 8. The molecule has 0 saturated heterocycles. The number of alkyl halides is 2. The quantitative estimate of drug-likeness (QED) is 0.748. The van der Waals surface area contributed by atoms with Crippen LogP contribution in [-0.2, 0) is 24.6 Å². The zero-order chi connectivity index (χ0) is 14.4. The summed E-state index contributed by atoms with van der Waals surface area (Å²) in [6, 6.07) is -0.185. The van der Waals surface area contributed by atoms with Crippen molar-refractivity contribution < 1.29 is 13.5 Å². The lowest BCUT2D eigenvalue weighted by atomic mass is 10.1. The van der Waals surface area contributed by atoms with Crippen molar-refractivity contribution >= 4 is 11.6 Å². The Bertz CT molecular complexity index is 399. The Morgan fingerprint density at radius 3 is 2.68 bits per heavy atom. The predicted octanol–water partition coefficient (Wildman–Crippen LogP) is 2.18. The van der Waals surface area contributed by atoms with E-state index in [2.05, 4.69) is 5.10 Å². The molecule has 0 aromatic carbocycles. The molecule has 0 radical (unpaired) electrons. The first-order valence-electron chi connectivity index (χ1n) is 6.27. The second-order valence-corrected chi connectivity index (χ2v) is 4.78. The van der Waals surface area contributed by atoms with Crippen molar-refractivity contribution in [2.24, 2.45) is 12.8 Å². The Balaban J connectivity index is 2.44. The number of nitrogens with zero attached hydrogens (tertiary/aromatic N) is 2. The Morgan fingerprint density at radius 1 is 1.47 bits per heavy atom. The first-order valence-corrected chi connectivity index (χ1v) is 6.65. The van der Waals surface area contributed by atoms with E-state index in [-0.39, 0.29) is 12.6 Å². The second-order valence-electron chi connectivity index (χ2n) is 4.40. The molecule has 0 aliphatic heterocycles. The molecule has 19 heavy (non-hydrogen) atoms. The van der Waals surface area contributed by atoms with Gasteiger partial charge in [-0.3, -0.25) is 4.68 Å². The summed E-state index contributed by atoms with van der Waals surface area (Å²) < 4.78 is 30.3. The highest BCUT2D eigenvalue weighted by Gasteiger charge is 2.16. The van der Waals surface area contributed by atoms with Gasteiger partial charge in [0.1, 0.15) is 6.61 Å². The van der Waals surface area contributed by atoms with Crippen LogP contribution in [-0.4, -0.2) is 35.5 Å². The number of halogens is 3. The van der Waals surface area contributed by atoms with Gasteiger partial charge in [0.15, 0.2) is 0 Å². The highest BCUT2D eigenvalue weighted by molar-refractivity contribution is 6.31. The summed E-state index contributed by atoms with van der Waals surface area (Å²) in [7, 11) is 1.82. The molecule has 1 atom stereocenters. The summed E-state index contributed by atoms with van der Waals surface area (Å²) in [4.78, 5) is 0. The molecule has 1 aromatic heterocycles. The Labute approximate surface area is 116 Å². The van der Waals surface area contributed by atoms with Crippen LogP contribution in [0.4, 0.5) is 8.78 Å². The number of hydrogen-bond donors (Lipinski definition) is 1. The number of aromatic nitrogens is 2. The monoisotopic (exact) mass is 295 g/mol. The molecule has 0 saturated carbocycles. The fraction of sp³-hybridized carbons (Fsp3) is 0.750. The Hall–Kier alpha value is -0.720. The lowest BCUT2D eigenvalue weighted by Crippen LogP contribution is -2.26. The van der Waals surface area contributed by atoms with E-state index in [1.165, 1.54) is 0 Å². The van der Waals surface area contributed by atoms with Gasteiger partial charge in [-0.05, 0) is 12.8 Å². The van der Waals surface area contributed by atoms with Crippen LogP contribution in [0.15, 0.2) is 0 Å². The molecule has 0 fully saturated rings. The van der Waals surface area contributed by atoms with Gasteiger partial charge in [-0.25, -0.2) is 8.78 Å². The van der Waals surface area contributed by atoms with E-state index in [1.807, 2.05) is 14.0 Å². The van der Waals surface area contributed by atoms with Gasteiger partial charge in [-0.1, -0.05) is 18.5 Å². The molecule has 1 rings (SSSR count). The lowest BCUT2D eigenvalue weighted by molar-refractivity contribution is 0.0152. The molecule has 2 N–H and O–H groups in total. The first kappa shape index (κ1) is 16.3. The number of ether oxygens (including phenoxy) is 1. The van der Waals surface area contributed by atoms with Gasteiger partial charge in [0.05, 0.1) is 16.4 Å². The van der Waals surface area contributed by atoms with Crippen molar-refractivity contribution in [3.05, 3.63) is 16.4 Å². The molecule has 7 heteroatoms. The van der Waals surface area contributed by atoms with Gasteiger partial charge in [0, 0.05) is 26.1 Å². The van der Waals surface area contributed by atoms with Crippen molar-refractivity contribution in [1.82, 2.24) is 9.78 Å². The Kier molecular flexibility index (Phi) is 6.68. The van der Waals surface area contributed by atoms with Gasteiger partial charge in [-0.15, -0.1) is 0 Å². The highest BCUT2D eigenvalue weighted by atomic mass is 35.5. The third-order valence-electron chi connectivity index (χ3n) is 2.84. The van der Waals surface area contributed by atoms with E-state index in [0.29, 0.717) is 17.9 Å². The number of hydrogen-bond acceptors (Lipinski definition) is 3. The predicted molar refractivity (Wildman–Crippen MR) is 70.7 cm³/mol. The SMILES string of the molecule is CCc1nn(C)c(CC(N)CCOCC(F)F)c1Cl. The van der Waals surface area contributed by atoms with Crippen molar-refractivity contribution in [2.75, 3.05) is 13.2 Å². The summed E-state index contributed by atoms with van der Waals surface area (Å²) in [6.45, 7) is 1.66. The Morgan fingerprint density at radius 2 is 2.16 bits per heavy atom. The third-order valence-corrected chi connectivity index (χ3v) is 3.27. The van der Waals surface area contributed by atoms with Crippen molar-refractivity contribution in [3.63, 3.8) is 0 Å². The zero-order valence-corrected chi connectivity index (χ0v) is 12.0. The van der Waals surface area contributed by atoms with E-state index in [9.17, 15) is 8.78 Å². The highest BCUT2D eigenvalue weighted by Crippen LogP contribution is 2.22. The third kappa shape index (κ3) is 5.04. The fourth-order valence-corrected chi connectivity index (χ4v) is 2.17. The van der Waals surface area contributed by atoms with E-state index in [4.69, 9.17) is 22.1 Å². The molecule has 110 valence electrons. The molecule has 1 heterocycles. The number of nitrogens with two attached hydrogens (primary N) is 1. The zero-order valence-electron chi connectivity index (χ0n) is 11.2. The molecule has 0 amide bonds. The molecule has 0 bridgehead atoms. The second kappa shape index (κ2) is 7.77. The van der Waals surface area contributed by atoms with Crippen LogP contribution < -0.4 is 5.73 Å². The molecule has 0 aliphatic carbocycles. The van der Waals surface area contributed by atoms with Crippen LogP contribution in [0, 0.1) is 0 Å². The van der Waals surface area contributed by atoms with Crippen LogP contribution in [0.2, 0.25) is 5.02 Å². The van der Waals surface area contributed by atoms with Gasteiger partial charge in [0.25, 0.3) is 6.43 Å². The van der Waals surface area contributed by atoms with Gasteiger partial charge in [0.2, 0.25) is 0 Å². The van der Waals surface area contributed by atoms with E-state index < -0.39 is 13.0 Å². The van der Waals surface area contributed by atoms with Gasteiger partial charge < -0.3 is 10.5 Å². The van der Waals surface area contributed by atoms with E-state index >= 15 is 0 Å². The van der Waals surface area contributed by atoms with Crippen molar-refractivity contribution in [2.45, 2.75) is 38.7 Å². The molecule has 1 unspecified atom stereocenters.